The van der Waals surface area contributed by atoms with Gasteiger partial charge < -0.3 is 9.84 Å². The number of nitrogens with zero attached hydrogens (tertiary/aromatic N) is 1. The number of nitriles is 1. The van der Waals surface area contributed by atoms with Crippen molar-refractivity contribution < 1.29 is 14.6 Å². The Morgan fingerprint density at radius 2 is 2.30 bits per heavy atom. The number of hydrogen-bond donors (Lipinski definition) is 1. The number of aliphatic hydroxyl groups is 1. The summed E-state index contributed by atoms with van der Waals surface area (Å²) in [5, 5.41) is 16.2. The number of ether oxygens (including phenoxy) is 1. The molecule has 0 fully saturated rings. The van der Waals surface area contributed by atoms with E-state index in [1.807, 2.05) is 0 Å². The first-order valence-corrected chi connectivity index (χ1v) is 2.09. The van der Waals surface area contributed by atoms with E-state index in [0.29, 0.717) is 6.26 Å². The average Bonchev–Trinajstić information content (AvgIpc) is 1.90. The zero-order chi connectivity index (χ0) is 7.28. The number of hydrogen-bond acceptors (Lipinski definition) is 4. The molecule has 0 rings (SSSR count). The summed E-state index contributed by atoms with van der Waals surface area (Å²) in [5.74, 6) is -0.833. The fraction of sp³-hybridized carbons (Fsp3) is 0.200. The molecule has 1 N–H and O–H groups in total. The molecule has 10 heavy (non-hydrogen) atoms. The first-order chi connectivity index (χ1) is 4.26. The van der Waals surface area contributed by atoms with Crippen LogP contribution in [0.3, 0.4) is 0 Å². The summed E-state index contributed by atoms with van der Waals surface area (Å²) in [6.07, 6.45) is 0.409. The van der Waals surface area contributed by atoms with Crippen molar-refractivity contribution in [2.75, 3.05) is 7.11 Å². The van der Waals surface area contributed by atoms with E-state index in [2.05, 4.69) is 4.74 Å². The molecule has 0 aromatic rings. The molecule has 0 amide bonds. The normalized spacial score (nSPS) is 9.00. The van der Waals surface area contributed by atoms with Crippen LogP contribution in [-0.2, 0) is 9.53 Å². The van der Waals surface area contributed by atoms with Crippen LogP contribution in [0.4, 0.5) is 0 Å². The average molecular weight is 150 g/mol. The smallest absolute Gasteiger partial charge is 0.351 e. The molecule has 0 aliphatic carbocycles. The van der Waals surface area contributed by atoms with Gasteiger partial charge >= 0.3 is 5.97 Å². The van der Waals surface area contributed by atoms with E-state index in [-0.39, 0.29) is 29.6 Å². The Morgan fingerprint density at radius 1 is 1.80 bits per heavy atom. The molecule has 0 saturated heterocycles. The second kappa shape index (κ2) is 6.62. The van der Waals surface area contributed by atoms with Gasteiger partial charge in [0, 0.05) is 29.6 Å². The standard InChI is InChI=1S/C5H5NO3.Na/c1-9-5(8)4(2-6)3-7;/h3,7H,1H3;. The summed E-state index contributed by atoms with van der Waals surface area (Å²) in [6.45, 7) is 0. The predicted molar refractivity (Wildman–Crippen MR) is 34.1 cm³/mol. The minimum atomic E-state index is -0.833. The second-order valence-corrected chi connectivity index (χ2v) is 1.15. The van der Waals surface area contributed by atoms with E-state index in [1.165, 1.54) is 6.07 Å². The fourth-order valence-electron chi connectivity index (χ4n) is 0.237. The predicted octanol–water partition coefficient (Wildman–Crippen LogP) is -0.256. The summed E-state index contributed by atoms with van der Waals surface area (Å²) in [7, 11) is 1.13. The number of aliphatic hydroxyl groups excluding tert-OH is 1. The van der Waals surface area contributed by atoms with Crippen molar-refractivity contribution in [1.29, 1.82) is 5.26 Å². The summed E-state index contributed by atoms with van der Waals surface area (Å²) >= 11 is 0. The van der Waals surface area contributed by atoms with Crippen molar-refractivity contribution in [3.8, 4) is 6.07 Å². The summed E-state index contributed by atoms with van der Waals surface area (Å²) < 4.78 is 4.10. The van der Waals surface area contributed by atoms with E-state index in [0.717, 1.165) is 7.11 Å². The first-order valence-electron chi connectivity index (χ1n) is 2.09. The molecule has 49 valence electrons. The molecule has 0 unspecified atom stereocenters. The monoisotopic (exact) mass is 150 g/mol. The maximum atomic E-state index is 10.3. The van der Waals surface area contributed by atoms with Gasteiger partial charge in [-0.05, 0) is 0 Å². The molecule has 0 heterocycles. The molecular weight excluding hydrogens is 145 g/mol. The minimum absolute atomic E-state index is 0. The van der Waals surface area contributed by atoms with Crippen LogP contribution in [0, 0.1) is 11.3 Å². The Labute approximate surface area is 80.4 Å². The third kappa shape index (κ3) is 3.51. The van der Waals surface area contributed by atoms with E-state index in [9.17, 15) is 4.79 Å². The molecule has 0 spiro atoms. The maximum absolute atomic E-state index is 10.3. The molecule has 0 aromatic carbocycles. The Bertz CT molecular complexity index is 182. The van der Waals surface area contributed by atoms with Gasteiger partial charge in [-0.3, -0.25) is 0 Å². The van der Waals surface area contributed by atoms with E-state index < -0.39 is 11.5 Å². The molecule has 5 heteroatoms. The molecule has 4 nitrogen and oxygen atoms in total. The van der Waals surface area contributed by atoms with Gasteiger partial charge in [0.25, 0.3) is 0 Å². The van der Waals surface area contributed by atoms with Gasteiger partial charge in [0.15, 0.2) is 5.57 Å². The van der Waals surface area contributed by atoms with Crippen LogP contribution < -0.4 is 0 Å². The molecule has 0 bridgehead atoms. The number of methoxy groups -OCH3 is 1. The van der Waals surface area contributed by atoms with Crippen LogP contribution in [0.15, 0.2) is 11.8 Å². The van der Waals surface area contributed by atoms with Crippen molar-refractivity contribution >= 4 is 35.5 Å². The zero-order valence-corrected chi connectivity index (χ0v) is 7.79. The third-order valence-electron chi connectivity index (χ3n) is 0.655. The van der Waals surface area contributed by atoms with Crippen molar-refractivity contribution in [3.05, 3.63) is 11.8 Å². The van der Waals surface area contributed by atoms with E-state index >= 15 is 0 Å². The Morgan fingerprint density at radius 3 is 2.40 bits per heavy atom. The van der Waals surface area contributed by atoms with Crippen LogP contribution in [0.25, 0.3) is 0 Å². The van der Waals surface area contributed by atoms with Crippen LogP contribution in [-0.4, -0.2) is 47.7 Å². The Kier molecular flexibility index (Phi) is 8.07. The third-order valence-corrected chi connectivity index (χ3v) is 0.655. The van der Waals surface area contributed by atoms with Gasteiger partial charge in [0.2, 0.25) is 0 Å². The van der Waals surface area contributed by atoms with Gasteiger partial charge in [-0.15, -0.1) is 0 Å². The van der Waals surface area contributed by atoms with E-state index in [4.69, 9.17) is 10.4 Å². The maximum Gasteiger partial charge on any atom is 0.351 e. The largest absolute Gasteiger partial charge is 0.514 e. The van der Waals surface area contributed by atoms with Crippen LogP contribution in [0.5, 0.6) is 0 Å². The Balaban J connectivity index is 0. The van der Waals surface area contributed by atoms with Gasteiger partial charge in [0.1, 0.15) is 12.3 Å². The zero-order valence-electron chi connectivity index (χ0n) is 5.79. The minimum Gasteiger partial charge on any atom is -0.514 e. The molecule has 0 saturated carbocycles. The van der Waals surface area contributed by atoms with Crippen LogP contribution in [0.2, 0.25) is 0 Å². The van der Waals surface area contributed by atoms with Gasteiger partial charge in [-0.25, -0.2) is 4.79 Å². The quantitative estimate of drug-likeness (QED) is 0.184. The van der Waals surface area contributed by atoms with E-state index in [1.54, 1.807) is 0 Å². The molecule has 0 atom stereocenters. The number of carbonyl (C=O) groups excluding carboxylic acids is 1. The van der Waals surface area contributed by atoms with Gasteiger partial charge in [0.05, 0.1) is 7.11 Å². The fourth-order valence-corrected chi connectivity index (χ4v) is 0.237. The molecule has 0 aliphatic rings. The van der Waals surface area contributed by atoms with Gasteiger partial charge in [-0.1, -0.05) is 0 Å². The van der Waals surface area contributed by atoms with Crippen LogP contribution in [0.1, 0.15) is 0 Å². The SMILES string of the molecule is COC(=O)C(C#N)=CO.[Na]. The van der Waals surface area contributed by atoms with Crippen molar-refractivity contribution in [2.24, 2.45) is 0 Å². The van der Waals surface area contributed by atoms with Crippen LogP contribution >= 0.6 is 0 Å². The summed E-state index contributed by atoms with van der Waals surface area (Å²) in [4.78, 5) is 10.3. The molecule has 0 aromatic heterocycles. The first kappa shape index (κ1) is 12.2. The Hall–Kier alpha value is -0.500. The van der Waals surface area contributed by atoms with Crippen molar-refractivity contribution in [1.82, 2.24) is 0 Å². The second-order valence-electron chi connectivity index (χ2n) is 1.15. The molecule has 1 radical (unpaired) electrons. The summed E-state index contributed by atoms with van der Waals surface area (Å²) in [6, 6.07) is 1.44. The topological polar surface area (TPSA) is 70.3 Å². The number of esters is 1. The van der Waals surface area contributed by atoms with Crippen molar-refractivity contribution in [2.45, 2.75) is 0 Å². The molecule has 0 aliphatic heterocycles. The van der Waals surface area contributed by atoms with Crippen molar-refractivity contribution in [3.63, 3.8) is 0 Å². The molecular formula is C5H5NNaO3. The van der Waals surface area contributed by atoms with Gasteiger partial charge in [-0.2, -0.15) is 5.26 Å². The number of carbonyl (C=O) groups is 1. The number of rotatable bonds is 1. The summed E-state index contributed by atoms with van der Waals surface area (Å²) in [5.41, 5.74) is -0.405.